The smallest absolute Gasteiger partial charge is 0.229 e. The topological polar surface area (TPSA) is 76.7 Å². The fourth-order valence-electron chi connectivity index (χ4n) is 3.20. The van der Waals surface area contributed by atoms with E-state index in [1.165, 1.54) is 0 Å². The van der Waals surface area contributed by atoms with E-state index in [1.807, 2.05) is 57.2 Å². The molecule has 0 unspecified atom stereocenters. The Balaban J connectivity index is 1.82. The molecule has 1 aliphatic rings. The Bertz CT molecular complexity index is 888. The summed E-state index contributed by atoms with van der Waals surface area (Å²) in [4.78, 5) is 24.7. The van der Waals surface area contributed by atoms with Gasteiger partial charge in [-0.2, -0.15) is 0 Å². The van der Waals surface area contributed by atoms with Crippen molar-refractivity contribution in [3.05, 3.63) is 53.6 Å². The second kappa shape index (κ2) is 8.66. The van der Waals surface area contributed by atoms with Gasteiger partial charge >= 0.3 is 0 Å². The quantitative estimate of drug-likeness (QED) is 0.762. The van der Waals surface area contributed by atoms with Crippen LogP contribution in [0.25, 0.3) is 0 Å². The van der Waals surface area contributed by atoms with Crippen LogP contribution in [0.3, 0.4) is 0 Å². The summed E-state index contributed by atoms with van der Waals surface area (Å²) >= 11 is 0. The number of hydrogen-bond donors (Lipinski definition) is 2. The Kier molecular flexibility index (Phi) is 6.23. The predicted molar refractivity (Wildman–Crippen MR) is 113 cm³/mol. The highest BCUT2D eigenvalue weighted by Gasteiger charge is 2.29. The lowest BCUT2D eigenvalue weighted by atomic mass is 9.90. The predicted octanol–water partition coefficient (Wildman–Crippen LogP) is 4.32. The van der Waals surface area contributed by atoms with Crippen molar-refractivity contribution in [2.75, 3.05) is 24.4 Å². The van der Waals surface area contributed by atoms with Gasteiger partial charge in [-0.05, 0) is 17.2 Å². The number of amides is 2. The average Bonchev–Trinajstić information content (AvgIpc) is 2.67. The summed E-state index contributed by atoms with van der Waals surface area (Å²) in [6.45, 7) is 6.46. The first-order valence-corrected chi connectivity index (χ1v) is 9.73. The number of fused-ring (bicyclic) bond motifs is 1. The molecule has 2 amide bonds. The van der Waals surface area contributed by atoms with Crippen molar-refractivity contribution in [1.82, 2.24) is 0 Å². The van der Waals surface area contributed by atoms with Crippen molar-refractivity contribution in [1.29, 1.82) is 0 Å². The van der Waals surface area contributed by atoms with E-state index in [0.29, 0.717) is 36.8 Å². The Hall–Kier alpha value is -2.86. The lowest BCUT2D eigenvalue weighted by Gasteiger charge is -2.28. The normalized spacial score (nSPS) is 16.0. The highest BCUT2D eigenvalue weighted by atomic mass is 16.5. The van der Waals surface area contributed by atoms with Gasteiger partial charge in [-0.25, -0.2) is 0 Å². The molecule has 2 aromatic carbocycles. The number of rotatable bonds is 6. The van der Waals surface area contributed by atoms with E-state index in [-0.39, 0.29) is 17.7 Å². The molecule has 3 rings (SSSR count). The number of hydrogen-bond acceptors (Lipinski definition) is 4. The molecule has 0 aliphatic carbocycles. The van der Waals surface area contributed by atoms with Gasteiger partial charge in [0.05, 0.1) is 26.0 Å². The molecule has 6 nitrogen and oxygen atoms in total. The van der Waals surface area contributed by atoms with Gasteiger partial charge in [-0.3, -0.25) is 9.59 Å². The van der Waals surface area contributed by atoms with Crippen LogP contribution in [0.4, 0.5) is 11.4 Å². The molecule has 2 N–H and O–H groups in total. The van der Waals surface area contributed by atoms with Crippen molar-refractivity contribution in [3.63, 3.8) is 0 Å². The van der Waals surface area contributed by atoms with Crippen LogP contribution < -0.4 is 15.4 Å². The van der Waals surface area contributed by atoms with E-state index in [4.69, 9.17) is 9.47 Å². The average molecular weight is 396 g/mol. The number of anilines is 2. The first-order chi connectivity index (χ1) is 13.8. The van der Waals surface area contributed by atoms with Gasteiger partial charge in [-0.15, -0.1) is 0 Å². The molecule has 0 saturated carbocycles. The Labute approximate surface area is 171 Å². The molecule has 0 bridgehead atoms. The molecule has 1 heterocycles. The summed E-state index contributed by atoms with van der Waals surface area (Å²) in [7, 11) is 1.54. The monoisotopic (exact) mass is 396 g/mol. The van der Waals surface area contributed by atoms with Crippen molar-refractivity contribution in [3.8, 4) is 5.75 Å². The van der Waals surface area contributed by atoms with Crippen LogP contribution in [0.1, 0.15) is 44.2 Å². The van der Waals surface area contributed by atoms with Crippen molar-refractivity contribution in [2.24, 2.45) is 5.41 Å². The van der Waals surface area contributed by atoms with Crippen LogP contribution in [0.15, 0.2) is 42.5 Å². The molecule has 0 radical (unpaired) electrons. The molecular formula is C23H28N2O4. The second-order valence-electron chi connectivity index (χ2n) is 8.29. The fourth-order valence-corrected chi connectivity index (χ4v) is 3.20. The number of nitrogens with one attached hydrogen (secondary N) is 2. The van der Waals surface area contributed by atoms with Crippen LogP contribution in [-0.2, 0) is 20.9 Å². The second-order valence-corrected chi connectivity index (χ2v) is 8.29. The zero-order valence-electron chi connectivity index (χ0n) is 17.4. The standard InChI is InChI=1S/C23H28N2O4/c1-23(2,3)22(27)25-19-11-17-16(14-29-13-15-8-6-5-7-9-15)10-21(26)24-18(17)12-20(19)28-4/h5-9,11-12,16H,10,13-14H2,1-4H3,(H,24,26)(H,25,27)/t16-/m1/s1. The molecule has 29 heavy (non-hydrogen) atoms. The van der Waals surface area contributed by atoms with Crippen LogP contribution in [0.2, 0.25) is 0 Å². The van der Waals surface area contributed by atoms with Gasteiger partial charge < -0.3 is 20.1 Å². The van der Waals surface area contributed by atoms with E-state index < -0.39 is 5.41 Å². The van der Waals surface area contributed by atoms with Crippen molar-refractivity contribution in [2.45, 2.75) is 39.7 Å². The van der Waals surface area contributed by atoms with Crippen LogP contribution >= 0.6 is 0 Å². The van der Waals surface area contributed by atoms with Crippen LogP contribution in [0, 0.1) is 5.41 Å². The molecule has 1 atom stereocenters. The van der Waals surface area contributed by atoms with E-state index >= 15 is 0 Å². The van der Waals surface area contributed by atoms with Gasteiger partial charge in [0, 0.05) is 29.5 Å². The van der Waals surface area contributed by atoms with E-state index in [1.54, 1.807) is 13.2 Å². The summed E-state index contributed by atoms with van der Waals surface area (Å²) in [5, 5.41) is 5.84. The Morgan fingerprint density at radius 3 is 2.59 bits per heavy atom. The molecule has 0 spiro atoms. The summed E-state index contributed by atoms with van der Waals surface area (Å²) in [6, 6.07) is 13.6. The largest absolute Gasteiger partial charge is 0.494 e. The van der Waals surface area contributed by atoms with Gasteiger partial charge in [0.2, 0.25) is 11.8 Å². The minimum Gasteiger partial charge on any atom is -0.494 e. The molecule has 2 aromatic rings. The maximum atomic E-state index is 12.5. The highest BCUT2D eigenvalue weighted by molar-refractivity contribution is 5.99. The third kappa shape index (κ3) is 5.15. The fraction of sp³-hybridized carbons (Fsp3) is 0.391. The third-order valence-electron chi connectivity index (χ3n) is 4.88. The van der Waals surface area contributed by atoms with E-state index in [2.05, 4.69) is 10.6 Å². The molecule has 154 valence electrons. The number of methoxy groups -OCH3 is 1. The number of carbonyl (C=O) groups is 2. The summed E-state index contributed by atoms with van der Waals surface area (Å²) < 4.78 is 11.3. The molecule has 0 fully saturated rings. The molecule has 0 saturated heterocycles. The van der Waals surface area contributed by atoms with Gasteiger partial charge in [-0.1, -0.05) is 51.1 Å². The molecule has 1 aliphatic heterocycles. The lowest BCUT2D eigenvalue weighted by Crippen LogP contribution is -2.29. The zero-order valence-corrected chi connectivity index (χ0v) is 17.4. The summed E-state index contributed by atoms with van der Waals surface area (Å²) in [5.74, 6) is 0.248. The summed E-state index contributed by atoms with van der Waals surface area (Å²) in [6.07, 6.45) is 0.334. The van der Waals surface area contributed by atoms with Gasteiger partial charge in [0.1, 0.15) is 5.75 Å². The number of carbonyl (C=O) groups excluding carboxylic acids is 2. The van der Waals surface area contributed by atoms with E-state index in [9.17, 15) is 9.59 Å². The maximum Gasteiger partial charge on any atom is 0.229 e. The first-order valence-electron chi connectivity index (χ1n) is 9.73. The third-order valence-corrected chi connectivity index (χ3v) is 4.88. The number of ether oxygens (including phenoxy) is 2. The van der Waals surface area contributed by atoms with E-state index in [0.717, 1.165) is 11.1 Å². The van der Waals surface area contributed by atoms with Gasteiger partial charge in [0.15, 0.2) is 0 Å². The number of benzene rings is 2. The summed E-state index contributed by atoms with van der Waals surface area (Å²) in [5.41, 5.74) is 2.77. The highest BCUT2D eigenvalue weighted by Crippen LogP contribution is 2.40. The SMILES string of the molecule is COc1cc2c(cc1NC(=O)C(C)(C)C)[C@@H](COCc1ccccc1)CC(=O)N2. The Morgan fingerprint density at radius 1 is 1.21 bits per heavy atom. The zero-order chi connectivity index (χ0) is 21.0. The van der Waals surface area contributed by atoms with Crippen molar-refractivity contribution < 1.29 is 19.1 Å². The van der Waals surface area contributed by atoms with Crippen LogP contribution in [0.5, 0.6) is 5.75 Å². The molecule has 6 heteroatoms. The van der Waals surface area contributed by atoms with Crippen LogP contribution in [-0.4, -0.2) is 25.5 Å². The maximum absolute atomic E-state index is 12.5. The molecule has 0 aromatic heterocycles. The lowest BCUT2D eigenvalue weighted by molar-refractivity contribution is -0.123. The Morgan fingerprint density at radius 2 is 1.93 bits per heavy atom. The minimum atomic E-state index is -0.534. The molecular weight excluding hydrogens is 368 g/mol. The first kappa shape index (κ1) is 20.9. The minimum absolute atomic E-state index is 0.0562. The van der Waals surface area contributed by atoms with Crippen molar-refractivity contribution >= 4 is 23.2 Å². The van der Waals surface area contributed by atoms with Gasteiger partial charge in [0.25, 0.3) is 0 Å².